The Balaban J connectivity index is 1.49. The molecule has 0 radical (unpaired) electrons. The number of phenolic OH excluding ortho intramolecular Hbond substituents is 1. The summed E-state index contributed by atoms with van der Waals surface area (Å²) in [5.74, 6) is 1.72. The molecule has 5 rings (SSSR count). The first-order valence-electron chi connectivity index (χ1n) is 11.7. The number of aliphatic hydroxyl groups is 1. The van der Waals surface area contributed by atoms with Crippen LogP contribution in [0.1, 0.15) is 67.2 Å². The van der Waals surface area contributed by atoms with E-state index in [1.54, 1.807) is 25.3 Å². The van der Waals surface area contributed by atoms with Crippen LogP contribution in [0.2, 0.25) is 0 Å². The molecule has 0 spiro atoms. The molecule has 3 aliphatic carbocycles. The van der Waals surface area contributed by atoms with Gasteiger partial charge in [-0.3, -0.25) is 0 Å². The first kappa shape index (κ1) is 21.8. The van der Waals surface area contributed by atoms with E-state index in [4.69, 9.17) is 14.8 Å². The number of ether oxygens (including phenoxy) is 1. The number of aromatic hydroxyl groups is 1. The quantitative estimate of drug-likeness (QED) is 0.654. The molecule has 5 atom stereocenters. The summed E-state index contributed by atoms with van der Waals surface area (Å²) in [7, 11) is 1.57. The van der Waals surface area contributed by atoms with Gasteiger partial charge in [-0.2, -0.15) is 5.26 Å². The Morgan fingerprint density at radius 2 is 2.06 bits per heavy atom. The number of nitriles is 1. The maximum absolute atomic E-state index is 10.7. The van der Waals surface area contributed by atoms with E-state index in [0.717, 1.165) is 54.5 Å². The van der Waals surface area contributed by atoms with Crippen molar-refractivity contribution in [3.63, 3.8) is 0 Å². The van der Waals surface area contributed by atoms with Gasteiger partial charge < -0.3 is 19.8 Å². The zero-order valence-corrected chi connectivity index (χ0v) is 19.1. The van der Waals surface area contributed by atoms with Crippen molar-refractivity contribution in [1.82, 2.24) is 0 Å². The fourth-order valence-corrected chi connectivity index (χ4v) is 6.57. The van der Waals surface area contributed by atoms with Crippen LogP contribution in [0.5, 0.6) is 11.5 Å². The molecule has 0 saturated heterocycles. The van der Waals surface area contributed by atoms with Crippen LogP contribution >= 0.6 is 0 Å². The molecule has 6 nitrogen and oxygen atoms in total. The van der Waals surface area contributed by atoms with Crippen LogP contribution in [-0.4, -0.2) is 29.1 Å². The molecule has 2 aromatic carbocycles. The third-order valence-corrected chi connectivity index (χ3v) is 8.34. The lowest BCUT2D eigenvalue weighted by molar-refractivity contribution is -0.0180. The average Bonchev–Trinajstić information content (AvgIpc) is 3.13. The molecular formula is C27H30N2O4. The molecule has 2 fully saturated rings. The molecular weight excluding hydrogens is 416 g/mol. The van der Waals surface area contributed by atoms with E-state index in [2.05, 4.69) is 18.1 Å². The summed E-state index contributed by atoms with van der Waals surface area (Å²) in [6.45, 7) is 2.51. The van der Waals surface area contributed by atoms with Crippen LogP contribution in [-0.2, 0) is 11.4 Å². The molecule has 0 unspecified atom stereocenters. The fraction of sp³-hybridized carbons (Fsp3) is 0.481. The Kier molecular flexibility index (Phi) is 5.54. The van der Waals surface area contributed by atoms with Crippen LogP contribution in [0.15, 0.2) is 41.6 Å². The highest BCUT2D eigenvalue weighted by Crippen LogP contribution is 2.61. The number of fused-ring (bicyclic) bond motifs is 5. The second-order valence-corrected chi connectivity index (χ2v) is 9.95. The maximum Gasteiger partial charge on any atom is 0.160 e. The van der Waals surface area contributed by atoms with Crippen molar-refractivity contribution in [2.24, 2.45) is 22.4 Å². The monoisotopic (exact) mass is 446 g/mol. The standard InChI is InChI=1S/C27H30N2O4/c1-27-9-8-18-19-13-25(32-2)24(30)12-21(19)23(11-20(18)22(27)6-7-26(27)31)29-33-15-17-5-3-4-16(10-17)14-28/h3-5,10,12-13,18,20,22,26,30-31H,6-9,11,15H2,1-2H3/b29-23+/t18-,20-,22+,26+,27+/m1/s1. The molecule has 0 bridgehead atoms. The van der Waals surface area contributed by atoms with Gasteiger partial charge in [-0.1, -0.05) is 24.2 Å². The molecule has 0 aromatic heterocycles. The lowest BCUT2D eigenvalue weighted by Gasteiger charge is -2.50. The van der Waals surface area contributed by atoms with Crippen molar-refractivity contribution in [2.45, 2.75) is 57.7 Å². The Morgan fingerprint density at radius 3 is 2.85 bits per heavy atom. The summed E-state index contributed by atoms with van der Waals surface area (Å²) in [6, 6.07) is 13.2. The Bertz CT molecular complexity index is 1140. The molecule has 2 N–H and O–H groups in total. The van der Waals surface area contributed by atoms with Gasteiger partial charge in [0, 0.05) is 5.56 Å². The molecule has 6 heteroatoms. The van der Waals surface area contributed by atoms with E-state index < -0.39 is 0 Å². The largest absolute Gasteiger partial charge is 0.504 e. The highest BCUT2D eigenvalue weighted by atomic mass is 16.6. The molecule has 3 aliphatic rings. The van der Waals surface area contributed by atoms with Gasteiger partial charge in [-0.05, 0) is 90.7 Å². The molecule has 2 aromatic rings. The lowest BCUT2D eigenvalue weighted by atomic mass is 9.55. The van der Waals surface area contributed by atoms with Crippen molar-refractivity contribution >= 4 is 5.71 Å². The summed E-state index contributed by atoms with van der Waals surface area (Å²) < 4.78 is 5.42. The number of aliphatic hydroxyl groups excluding tert-OH is 1. The van der Waals surface area contributed by atoms with E-state index in [-0.39, 0.29) is 23.9 Å². The SMILES string of the molecule is COc1cc2c(cc1O)/C(=N/OCc1cccc(C#N)c1)C[C@@H]1[C@@H]2CC[C@]2(C)[C@@H](O)CC[C@@H]12. The molecule has 2 saturated carbocycles. The lowest BCUT2D eigenvalue weighted by Crippen LogP contribution is -2.45. The average molecular weight is 447 g/mol. The Labute approximate surface area is 194 Å². The molecule has 0 aliphatic heterocycles. The minimum atomic E-state index is -0.247. The number of hydrogen-bond donors (Lipinski definition) is 2. The van der Waals surface area contributed by atoms with Crippen molar-refractivity contribution in [3.05, 3.63) is 58.7 Å². The second-order valence-electron chi connectivity index (χ2n) is 9.95. The molecule has 172 valence electrons. The predicted molar refractivity (Wildman–Crippen MR) is 124 cm³/mol. The van der Waals surface area contributed by atoms with E-state index >= 15 is 0 Å². The fourth-order valence-electron chi connectivity index (χ4n) is 6.57. The number of benzene rings is 2. The molecule has 0 heterocycles. The number of oxime groups is 1. The third-order valence-electron chi connectivity index (χ3n) is 8.34. The van der Waals surface area contributed by atoms with Crippen LogP contribution in [0.4, 0.5) is 0 Å². The van der Waals surface area contributed by atoms with Crippen LogP contribution in [0.3, 0.4) is 0 Å². The summed E-state index contributed by atoms with van der Waals surface area (Å²) in [5, 5.41) is 34.9. The number of hydrogen-bond acceptors (Lipinski definition) is 6. The van der Waals surface area contributed by atoms with E-state index in [9.17, 15) is 10.2 Å². The van der Waals surface area contributed by atoms with Gasteiger partial charge in [-0.15, -0.1) is 0 Å². The number of rotatable bonds is 4. The minimum absolute atomic E-state index is 0.0522. The Morgan fingerprint density at radius 1 is 1.21 bits per heavy atom. The van der Waals surface area contributed by atoms with E-state index in [0.29, 0.717) is 29.1 Å². The van der Waals surface area contributed by atoms with Gasteiger partial charge in [0.25, 0.3) is 0 Å². The van der Waals surface area contributed by atoms with Gasteiger partial charge in [0.1, 0.15) is 6.61 Å². The van der Waals surface area contributed by atoms with E-state index in [1.165, 1.54) is 0 Å². The van der Waals surface area contributed by atoms with Crippen molar-refractivity contribution in [1.29, 1.82) is 5.26 Å². The van der Waals surface area contributed by atoms with Crippen LogP contribution in [0.25, 0.3) is 0 Å². The van der Waals surface area contributed by atoms with Gasteiger partial charge in [0.05, 0.1) is 30.6 Å². The number of nitrogens with zero attached hydrogens (tertiary/aromatic N) is 2. The third kappa shape index (κ3) is 3.65. The first-order valence-corrected chi connectivity index (χ1v) is 11.7. The summed E-state index contributed by atoms with van der Waals surface area (Å²) in [5.41, 5.74) is 4.32. The predicted octanol–water partition coefficient (Wildman–Crippen LogP) is 4.87. The normalized spacial score (nSPS) is 31.3. The van der Waals surface area contributed by atoms with Crippen molar-refractivity contribution < 1.29 is 19.8 Å². The smallest absolute Gasteiger partial charge is 0.160 e. The highest BCUT2D eigenvalue weighted by Gasteiger charge is 2.55. The van der Waals surface area contributed by atoms with Crippen LogP contribution < -0.4 is 4.74 Å². The van der Waals surface area contributed by atoms with Crippen molar-refractivity contribution in [2.75, 3.05) is 7.11 Å². The number of methoxy groups -OCH3 is 1. The summed E-state index contributed by atoms with van der Waals surface area (Å²) >= 11 is 0. The summed E-state index contributed by atoms with van der Waals surface area (Å²) in [4.78, 5) is 5.77. The maximum atomic E-state index is 10.7. The Hall–Kier alpha value is -3.04. The zero-order valence-electron chi connectivity index (χ0n) is 19.1. The second kappa shape index (κ2) is 8.39. The summed E-state index contributed by atoms with van der Waals surface area (Å²) in [6.07, 6.45) is 4.40. The van der Waals surface area contributed by atoms with Gasteiger partial charge >= 0.3 is 0 Å². The minimum Gasteiger partial charge on any atom is -0.504 e. The van der Waals surface area contributed by atoms with Gasteiger partial charge in [0.15, 0.2) is 11.5 Å². The zero-order chi connectivity index (χ0) is 23.2. The topological polar surface area (TPSA) is 95.1 Å². The van der Waals surface area contributed by atoms with Gasteiger partial charge in [-0.25, -0.2) is 0 Å². The highest BCUT2D eigenvalue weighted by molar-refractivity contribution is 6.03. The van der Waals surface area contributed by atoms with Crippen LogP contribution in [0, 0.1) is 28.6 Å². The number of phenols is 1. The molecule has 0 amide bonds. The molecule has 33 heavy (non-hydrogen) atoms. The van der Waals surface area contributed by atoms with Gasteiger partial charge in [0.2, 0.25) is 0 Å². The first-order chi connectivity index (χ1) is 15.9. The van der Waals surface area contributed by atoms with E-state index in [1.807, 2.05) is 18.2 Å². The van der Waals surface area contributed by atoms with Crippen molar-refractivity contribution in [3.8, 4) is 17.6 Å².